The zero-order chi connectivity index (χ0) is 23.5. The van der Waals surface area contributed by atoms with Gasteiger partial charge in [-0.05, 0) is 67.4 Å². The lowest BCUT2D eigenvalue weighted by Gasteiger charge is -2.11. The van der Waals surface area contributed by atoms with Crippen molar-refractivity contribution in [3.8, 4) is 28.5 Å². The van der Waals surface area contributed by atoms with Gasteiger partial charge in [0.15, 0.2) is 12.3 Å². The fraction of sp³-hybridized carbons (Fsp3) is 0.115. The Balaban J connectivity index is 1.34. The first kappa shape index (κ1) is 21.3. The molecule has 8 heteroatoms. The van der Waals surface area contributed by atoms with Gasteiger partial charge < -0.3 is 10.1 Å². The van der Waals surface area contributed by atoms with Gasteiger partial charge in [0, 0.05) is 17.4 Å². The first-order valence-corrected chi connectivity index (χ1v) is 10.8. The van der Waals surface area contributed by atoms with Crippen LogP contribution in [-0.2, 0) is 4.79 Å². The van der Waals surface area contributed by atoms with Crippen molar-refractivity contribution in [2.24, 2.45) is 0 Å². The smallest absolute Gasteiger partial charge is 0.262 e. The minimum absolute atomic E-state index is 0.0765. The molecule has 5 aromatic rings. The van der Waals surface area contributed by atoms with Gasteiger partial charge in [0.05, 0.1) is 5.69 Å². The molecule has 1 N–H and O–H groups in total. The van der Waals surface area contributed by atoms with E-state index in [9.17, 15) is 4.79 Å². The first-order valence-electron chi connectivity index (χ1n) is 10.8. The summed E-state index contributed by atoms with van der Waals surface area (Å²) in [5.74, 6) is 1.03. The van der Waals surface area contributed by atoms with Crippen LogP contribution in [0.4, 0.5) is 5.69 Å². The fourth-order valence-electron chi connectivity index (χ4n) is 3.56. The zero-order valence-corrected chi connectivity index (χ0v) is 18.8. The summed E-state index contributed by atoms with van der Waals surface area (Å²) in [5, 5.41) is 16.0. The van der Waals surface area contributed by atoms with Crippen LogP contribution in [0.1, 0.15) is 11.1 Å². The molecule has 0 aliphatic heterocycles. The van der Waals surface area contributed by atoms with Gasteiger partial charge in [0.2, 0.25) is 5.82 Å². The van der Waals surface area contributed by atoms with Crippen LogP contribution in [0, 0.1) is 13.8 Å². The van der Waals surface area contributed by atoms with E-state index in [1.807, 2.05) is 86.6 Å². The molecule has 0 saturated carbocycles. The number of benzene rings is 2. The van der Waals surface area contributed by atoms with E-state index in [1.54, 1.807) is 10.7 Å². The molecule has 168 valence electrons. The van der Waals surface area contributed by atoms with Crippen molar-refractivity contribution in [3.63, 3.8) is 0 Å². The van der Waals surface area contributed by atoms with E-state index in [4.69, 9.17) is 9.84 Å². The molecule has 0 atom stereocenters. The van der Waals surface area contributed by atoms with E-state index < -0.39 is 0 Å². The quantitative estimate of drug-likeness (QED) is 0.410. The molecule has 8 nitrogen and oxygen atoms in total. The number of hydrogen-bond donors (Lipinski definition) is 1. The topological polar surface area (TPSA) is 94.3 Å². The number of nitrogens with one attached hydrogen (secondary N) is 1. The van der Waals surface area contributed by atoms with Crippen LogP contribution in [0.2, 0.25) is 0 Å². The number of pyridine rings is 1. The largest absolute Gasteiger partial charge is 0.483 e. The van der Waals surface area contributed by atoms with Crippen molar-refractivity contribution in [3.05, 3.63) is 90.1 Å². The number of rotatable bonds is 6. The van der Waals surface area contributed by atoms with E-state index in [0.717, 1.165) is 16.7 Å². The lowest BCUT2D eigenvalue weighted by atomic mass is 10.1. The highest BCUT2D eigenvalue weighted by Crippen LogP contribution is 2.23. The van der Waals surface area contributed by atoms with Crippen LogP contribution in [0.5, 0.6) is 5.75 Å². The zero-order valence-electron chi connectivity index (χ0n) is 18.8. The summed E-state index contributed by atoms with van der Waals surface area (Å²) >= 11 is 0. The molecule has 3 aromatic heterocycles. The Morgan fingerprint density at radius 2 is 1.85 bits per heavy atom. The number of fused-ring (bicyclic) bond motifs is 1. The van der Waals surface area contributed by atoms with Gasteiger partial charge in [-0.15, -0.1) is 10.2 Å². The summed E-state index contributed by atoms with van der Waals surface area (Å²) < 4.78 is 7.38. The number of hydrogen-bond acceptors (Lipinski definition) is 6. The Hall–Kier alpha value is -4.59. The van der Waals surface area contributed by atoms with E-state index in [1.165, 1.54) is 0 Å². The van der Waals surface area contributed by atoms with Gasteiger partial charge in [-0.3, -0.25) is 9.78 Å². The van der Waals surface area contributed by atoms with Crippen LogP contribution in [0.15, 0.2) is 79.0 Å². The van der Waals surface area contributed by atoms with Gasteiger partial charge in [0.1, 0.15) is 11.4 Å². The van der Waals surface area contributed by atoms with Gasteiger partial charge in [-0.1, -0.05) is 30.3 Å². The number of ether oxygens (including phenoxy) is 1. The second-order valence-corrected chi connectivity index (χ2v) is 7.91. The van der Waals surface area contributed by atoms with Crippen LogP contribution < -0.4 is 10.1 Å². The average Bonchev–Trinajstić information content (AvgIpc) is 3.29. The van der Waals surface area contributed by atoms with Gasteiger partial charge in [-0.2, -0.15) is 9.61 Å². The number of nitrogens with zero attached hydrogens (tertiary/aromatic N) is 5. The molecule has 0 unspecified atom stereocenters. The third-order valence-corrected chi connectivity index (χ3v) is 5.30. The maximum Gasteiger partial charge on any atom is 0.262 e. The minimum atomic E-state index is -0.238. The molecule has 0 aliphatic carbocycles. The van der Waals surface area contributed by atoms with Crippen molar-refractivity contribution >= 4 is 17.2 Å². The molecule has 0 bridgehead atoms. The number of aryl methyl sites for hydroxylation is 2. The molecule has 0 aliphatic rings. The van der Waals surface area contributed by atoms with Crippen molar-refractivity contribution in [2.75, 3.05) is 11.9 Å². The van der Waals surface area contributed by atoms with Crippen molar-refractivity contribution in [1.82, 2.24) is 24.8 Å². The lowest BCUT2D eigenvalue weighted by molar-refractivity contribution is -0.118. The Morgan fingerprint density at radius 3 is 2.71 bits per heavy atom. The molecular formula is C26H22N6O2. The van der Waals surface area contributed by atoms with E-state index in [0.29, 0.717) is 34.3 Å². The highest BCUT2D eigenvalue weighted by atomic mass is 16.5. The highest BCUT2D eigenvalue weighted by Gasteiger charge is 2.12. The standard InChI is InChI=1S/C26H22N6O2/c1-17-9-10-18(2)23(14-17)34-16-25(33)28-20-7-5-6-19(15-20)21-11-12-24-29-30-26(32(24)31-21)22-8-3-4-13-27-22/h3-15H,16H2,1-2H3,(H,28,33). The second-order valence-electron chi connectivity index (χ2n) is 7.91. The third kappa shape index (κ3) is 4.47. The normalized spacial score (nSPS) is 10.9. The van der Waals surface area contributed by atoms with Crippen molar-refractivity contribution < 1.29 is 9.53 Å². The maximum atomic E-state index is 12.5. The Morgan fingerprint density at radius 1 is 0.941 bits per heavy atom. The Labute approximate surface area is 196 Å². The molecule has 34 heavy (non-hydrogen) atoms. The minimum Gasteiger partial charge on any atom is -0.483 e. The molecular weight excluding hydrogens is 428 g/mol. The van der Waals surface area contributed by atoms with Crippen LogP contribution in [0.25, 0.3) is 28.4 Å². The molecule has 0 radical (unpaired) electrons. The maximum absolute atomic E-state index is 12.5. The highest BCUT2D eigenvalue weighted by molar-refractivity contribution is 5.92. The van der Waals surface area contributed by atoms with Crippen LogP contribution in [-0.4, -0.2) is 37.3 Å². The van der Waals surface area contributed by atoms with Gasteiger partial charge in [-0.25, -0.2) is 0 Å². The number of carbonyl (C=O) groups is 1. The lowest BCUT2D eigenvalue weighted by Crippen LogP contribution is -2.20. The monoisotopic (exact) mass is 450 g/mol. The van der Waals surface area contributed by atoms with Crippen LogP contribution in [0.3, 0.4) is 0 Å². The van der Waals surface area contributed by atoms with E-state index >= 15 is 0 Å². The summed E-state index contributed by atoms with van der Waals surface area (Å²) in [5.41, 5.74) is 5.59. The molecule has 0 spiro atoms. The SMILES string of the molecule is Cc1ccc(C)c(OCC(=O)Nc2cccc(-c3ccc4nnc(-c5ccccn5)n4n3)c2)c1. The number of aromatic nitrogens is 5. The number of amides is 1. The van der Waals surface area contributed by atoms with Crippen LogP contribution >= 0.6 is 0 Å². The third-order valence-electron chi connectivity index (χ3n) is 5.30. The first-order chi connectivity index (χ1) is 16.6. The molecule has 1 amide bonds. The fourth-order valence-corrected chi connectivity index (χ4v) is 3.56. The summed E-state index contributed by atoms with van der Waals surface area (Å²) in [6.45, 7) is 3.87. The average molecular weight is 451 g/mol. The summed E-state index contributed by atoms with van der Waals surface area (Å²) in [4.78, 5) is 16.8. The summed E-state index contributed by atoms with van der Waals surface area (Å²) in [7, 11) is 0. The predicted octanol–water partition coefficient (Wildman–Crippen LogP) is 4.49. The van der Waals surface area contributed by atoms with E-state index in [-0.39, 0.29) is 12.5 Å². The second kappa shape index (κ2) is 9.11. The van der Waals surface area contributed by atoms with Gasteiger partial charge >= 0.3 is 0 Å². The molecule has 2 aromatic carbocycles. The predicted molar refractivity (Wildman–Crippen MR) is 129 cm³/mol. The molecule has 5 rings (SSSR count). The Bertz CT molecular complexity index is 1480. The number of anilines is 1. The number of carbonyl (C=O) groups excluding carboxylic acids is 1. The van der Waals surface area contributed by atoms with Crippen molar-refractivity contribution in [1.29, 1.82) is 0 Å². The molecule has 0 fully saturated rings. The summed E-state index contributed by atoms with van der Waals surface area (Å²) in [6, 6.07) is 22.7. The van der Waals surface area contributed by atoms with E-state index in [2.05, 4.69) is 20.5 Å². The Kier molecular flexibility index (Phi) is 5.70. The van der Waals surface area contributed by atoms with Crippen molar-refractivity contribution in [2.45, 2.75) is 13.8 Å². The van der Waals surface area contributed by atoms with Gasteiger partial charge in [0.25, 0.3) is 5.91 Å². The summed E-state index contributed by atoms with van der Waals surface area (Å²) in [6.07, 6.45) is 1.70. The molecule has 3 heterocycles. The molecule has 0 saturated heterocycles.